The van der Waals surface area contributed by atoms with E-state index in [4.69, 9.17) is 9.47 Å². The Hall–Kier alpha value is -1.22. The van der Waals surface area contributed by atoms with Crippen LogP contribution in [-0.2, 0) is 12.0 Å². The molecule has 2 rings (SSSR count). The van der Waals surface area contributed by atoms with Crippen LogP contribution in [0.25, 0.3) is 0 Å². The Bertz CT molecular complexity index is 394. The molecule has 1 aromatic rings. The standard InChI is InChI=1S/C13H18O3/c1-4-9-5-6-10(15-2)12(16-3)11(9)13(14)7-8-13/h5-6,14H,4,7-8H2,1-3H3. The smallest absolute Gasteiger partial charge is 0.167 e. The van der Waals surface area contributed by atoms with Crippen LogP contribution in [0.5, 0.6) is 11.5 Å². The van der Waals surface area contributed by atoms with Gasteiger partial charge in [-0.25, -0.2) is 0 Å². The number of hydrogen-bond donors (Lipinski definition) is 1. The van der Waals surface area contributed by atoms with Gasteiger partial charge in [0.05, 0.1) is 19.8 Å². The minimum atomic E-state index is -0.689. The highest BCUT2D eigenvalue weighted by Crippen LogP contribution is 2.52. The van der Waals surface area contributed by atoms with Crippen LogP contribution in [0.2, 0.25) is 0 Å². The van der Waals surface area contributed by atoms with E-state index in [1.807, 2.05) is 12.1 Å². The number of rotatable bonds is 4. The average molecular weight is 222 g/mol. The number of aryl methyl sites for hydroxylation is 1. The van der Waals surface area contributed by atoms with Gasteiger partial charge in [-0.3, -0.25) is 0 Å². The molecule has 0 saturated heterocycles. The minimum absolute atomic E-state index is 0.682. The summed E-state index contributed by atoms with van der Waals surface area (Å²) in [6.07, 6.45) is 2.51. The molecule has 1 aromatic carbocycles. The molecule has 88 valence electrons. The quantitative estimate of drug-likeness (QED) is 0.849. The summed E-state index contributed by atoms with van der Waals surface area (Å²) in [6.45, 7) is 2.08. The van der Waals surface area contributed by atoms with Gasteiger partial charge in [0.15, 0.2) is 11.5 Å². The molecule has 1 fully saturated rings. The van der Waals surface area contributed by atoms with Crippen molar-refractivity contribution in [1.82, 2.24) is 0 Å². The molecule has 0 aromatic heterocycles. The van der Waals surface area contributed by atoms with Crippen molar-refractivity contribution in [1.29, 1.82) is 0 Å². The largest absolute Gasteiger partial charge is 0.493 e. The Morgan fingerprint density at radius 1 is 1.25 bits per heavy atom. The molecule has 0 atom stereocenters. The van der Waals surface area contributed by atoms with E-state index >= 15 is 0 Å². The Balaban J connectivity index is 2.59. The fraction of sp³-hybridized carbons (Fsp3) is 0.538. The minimum Gasteiger partial charge on any atom is -0.493 e. The topological polar surface area (TPSA) is 38.7 Å². The third-order valence-corrected chi connectivity index (χ3v) is 3.20. The maximum absolute atomic E-state index is 10.3. The summed E-state index contributed by atoms with van der Waals surface area (Å²) in [4.78, 5) is 0. The predicted octanol–water partition coefficient (Wildman–Crippen LogP) is 2.25. The van der Waals surface area contributed by atoms with Gasteiger partial charge in [-0.05, 0) is 30.9 Å². The van der Waals surface area contributed by atoms with Crippen molar-refractivity contribution < 1.29 is 14.6 Å². The number of methoxy groups -OCH3 is 2. The van der Waals surface area contributed by atoms with Crippen LogP contribution >= 0.6 is 0 Å². The van der Waals surface area contributed by atoms with Gasteiger partial charge in [-0.15, -0.1) is 0 Å². The fourth-order valence-corrected chi connectivity index (χ4v) is 2.14. The lowest BCUT2D eigenvalue weighted by Gasteiger charge is -2.19. The zero-order valence-electron chi connectivity index (χ0n) is 10.0. The molecular formula is C13H18O3. The molecular weight excluding hydrogens is 204 g/mol. The third-order valence-electron chi connectivity index (χ3n) is 3.20. The summed E-state index contributed by atoms with van der Waals surface area (Å²) in [5.74, 6) is 1.37. The molecule has 16 heavy (non-hydrogen) atoms. The molecule has 3 nitrogen and oxygen atoms in total. The van der Waals surface area contributed by atoms with Crippen molar-refractivity contribution in [3.8, 4) is 11.5 Å². The lowest BCUT2D eigenvalue weighted by atomic mass is 9.97. The molecule has 0 heterocycles. The van der Waals surface area contributed by atoms with Crippen molar-refractivity contribution in [2.45, 2.75) is 31.8 Å². The second-order valence-corrected chi connectivity index (χ2v) is 4.22. The van der Waals surface area contributed by atoms with Gasteiger partial charge in [-0.2, -0.15) is 0 Å². The second-order valence-electron chi connectivity index (χ2n) is 4.22. The van der Waals surface area contributed by atoms with Crippen LogP contribution in [0.1, 0.15) is 30.9 Å². The lowest BCUT2D eigenvalue weighted by Crippen LogP contribution is -2.11. The number of aliphatic hydroxyl groups is 1. The molecule has 1 N–H and O–H groups in total. The average Bonchev–Trinajstić information content (AvgIpc) is 3.06. The van der Waals surface area contributed by atoms with Gasteiger partial charge in [-0.1, -0.05) is 13.0 Å². The summed E-state index contributed by atoms with van der Waals surface area (Å²) in [7, 11) is 3.23. The van der Waals surface area contributed by atoms with Gasteiger partial charge in [0.1, 0.15) is 0 Å². The summed E-state index contributed by atoms with van der Waals surface area (Å²) < 4.78 is 10.7. The van der Waals surface area contributed by atoms with Crippen molar-refractivity contribution in [2.75, 3.05) is 14.2 Å². The molecule has 0 radical (unpaired) electrons. The second kappa shape index (κ2) is 3.98. The molecule has 1 aliphatic carbocycles. The molecule has 1 aliphatic rings. The first kappa shape index (κ1) is 11.3. The zero-order chi connectivity index (χ0) is 11.8. The lowest BCUT2D eigenvalue weighted by molar-refractivity contribution is 0.145. The van der Waals surface area contributed by atoms with Crippen LogP contribution in [0.4, 0.5) is 0 Å². The summed E-state index contributed by atoms with van der Waals surface area (Å²) in [5.41, 5.74) is 1.36. The van der Waals surface area contributed by atoms with Crippen molar-refractivity contribution >= 4 is 0 Å². The van der Waals surface area contributed by atoms with Gasteiger partial charge in [0.2, 0.25) is 0 Å². The highest BCUT2D eigenvalue weighted by molar-refractivity contribution is 5.55. The van der Waals surface area contributed by atoms with Crippen molar-refractivity contribution in [2.24, 2.45) is 0 Å². The first-order valence-corrected chi connectivity index (χ1v) is 5.63. The monoisotopic (exact) mass is 222 g/mol. The highest BCUT2D eigenvalue weighted by Gasteiger charge is 2.46. The SMILES string of the molecule is CCc1ccc(OC)c(OC)c1C1(O)CC1. The summed E-state index contributed by atoms with van der Waals surface area (Å²) >= 11 is 0. The first-order valence-electron chi connectivity index (χ1n) is 5.63. The zero-order valence-corrected chi connectivity index (χ0v) is 10.0. The van der Waals surface area contributed by atoms with Gasteiger partial charge >= 0.3 is 0 Å². The fourth-order valence-electron chi connectivity index (χ4n) is 2.14. The van der Waals surface area contributed by atoms with Crippen LogP contribution in [0, 0.1) is 0 Å². The molecule has 0 amide bonds. The number of hydrogen-bond acceptors (Lipinski definition) is 3. The van der Waals surface area contributed by atoms with E-state index in [9.17, 15) is 5.11 Å². The molecule has 3 heteroatoms. The van der Waals surface area contributed by atoms with Crippen LogP contribution < -0.4 is 9.47 Å². The first-order chi connectivity index (χ1) is 7.66. The summed E-state index contributed by atoms with van der Waals surface area (Å²) in [6, 6.07) is 3.90. The van der Waals surface area contributed by atoms with Crippen molar-refractivity contribution in [3.63, 3.8) is 0 Å². The van der Waals surface area contributed by atoms with Crippen LogP contribution in [0.3, 0.4) is 0 Å². The van der Waals surface area contributed by atoms with E-state index in [0.717, 1.165) is 30.4 Å². The van der Waals surface area contributed by atoms with E-state index in [2.05, 4.69) is 6.92 Å². The maximum atomic E-state index is 10.3. The van der Waals surface area contributed by atoms with E-state index in [0.29, 0.717) is 11.5 Å². The molecule has 0 bridgehead atoms. The van der Waals surface area contributed by atoms with E-state index < -0.39 is 5.60 Å². The Labute approximate surface area is 96.0 Å². The van der Waals surface area contributed by atoms with Gasteiger partial charge in [0, 0.05) is 5.56 Å². The van der Waals surface area contributed by atoms with Crippen LogP contribution in [-0.4, -0.2) is 19.3 Å². The van der Waals surface area contributed by atoms with Crippen molar-refractivity contribution in [3.05, 3.63) is 23.3 Å². The molecule has 0 aliphatic heterocycles. The van der Waals surface area contributed by atoms with Gasteiger partial charge in [0.25, 0.3) is 0 Å². The molecule has 1 saturated carbocycles. The highest BCUT2D eigenvalue weighted by atomic mass is 16.5. The van der Waals surface area contributed by atoms with Gasteiger partial charge < -0.3 is 14.6 Å². The Morgan fingerprint density at radius 2 is 1.94 bits per heavy atom. The summed E-state index contributed by atoms with van der Waals surface area (Å²) in [5, 5.41) is 10.3. The Morgan fingerprint density at radius 3 is 2.38 bits per heavy atom. The van der Waals surface area contributed by atoms with E-state index in [1.54, 1.807) is 14.2 Å². The Kier molecular flexibility index (Phi) is 2.80. The predicted molar refractivity (Wildman–Crippen MR) is 62.1 cm³/mol. The molecule has 0 unspecified atom stereocenters. The van der Waals surface area contributed by atoms with E-state index in [1.165, 1.54) is 0 Å². The molecule has 0 spiro atoms. The maximum Gasteiger partial charge on any atom is 0.167 e. The number of ether oxygens (including phenoxy) is 2. The third kappa shape index (κ3) is 1.65. The normalized spacial score (nSPS) is 17.0. The number of benzene rings is 1. The van der Waals surface area contributed by atoms with Crippen LogP contribution in [0.15, 0.2) is 12.1 Å². The van der Waals surface area contributed by atoms with E-state index in [-0.39, 0.29) is 0 Å².